The van der Waals surface area contributed by atoms with Crippen molar-refractivity contribution in [3.63, 3.8) is 0 Å². The van der Waals surface area contributed by atoms with Crippen molar-refractivity contribution in [2.75, 3.05) is 31.7 Å². The molecule has 0 spiro atoms. The first-order chi connectivity index (χ1) is 17.5. The summed E-state index contributed by atoms with van der Waals surface area (Å²) in [6.07, 6.45) is 2.47. The summed E-state index contributed by atoms with van der Waals surface area (Å²) in [5.74, 6) is -0.573. The van der Waals surface area contributed by atoms with Crippen LogP contribution in [0.5, 0.6) is 0 Å². The Labute approximate surface area is 225 Å². The first-order valence-corrected chi connectivity index (χ1v) is 14.2. The first-order valence-electron chi connectivity index (χ1n) is 12.8. The van der Waals surface area contributed by atoms with Crippen molar-refractivity contribution in [3.05, 3.63) is 35.4 Å². The summed E-state index contributed by atoms with van der Waals surface area (Å²) in [7, 11) is 0. The number of ether oxygens (including phenoxy) is 2. The number of nitrogens with zero attached hydrogens (tertiary/aromatic N) is 1. The highest BCUT2D eigenvalue weighted by molar-refractivity contribution is 7.98. The molecule has 2 atom stereocenters. The van der Waals surface area contributed by atoms with Crippen molar-refractivity contribution in [2.45, 2.75) is 78.5 Å². The van der Waals surface area contributed by atoms with Gasteiger partial charge in [-0.1, -0.05) is 31.2 Å². The van der Waals surface area contributed by atoms with Gasteiger partial charge < -0.3 is 25.0 Å². The molecule has 208 valence electrons. The number of amides is 3. The highest BCUT2D eigenvalue weighted by atomic mass is 32.2. The van der Waals surface area contributed by atoms with Crippen molar-refractivity contribution in [3.8, 4) is 0 Å². The molecule has 3 amide bonds. The first kappa shape index (κ1) is 32.3. The van der Waals surface area contributed by atoms with Gasteiger partial charge in [-0.3, -0.25) is 14.4 Å². The molecule has 1 aromatic carbocycles. The van der Waals surface area contributed by atoms with E-state index in [0.29, 0.717) is 17.7 Å². The fraction of sp³-hybridized carbons (Fsp3) is 0.630. The lowest BCUT2D eigenvalue weighted by Crippen LogP contribution is -2.53. The van der Waals surface area contributed by atoms with E-state index in [1.807, 2.05) is 37.4 Å². The maximum absolute atomic E-state index is 13.8. The summed E-state index contributed by atoms with van der Waals surface area (Å²) in [4.78, 5) is 52.9. The van der Waals surface area contributed by atoms with Crippen molar-refractivity contribution in [1.82, 2.24) is 15.5 Å². The Morgan fingerprint density at radius 2 is 1.70 bits per heavy atom. The van der Waals surface area contributed by atoms with E-state index in [0.717, 1.165) is 12.0 Å². The minimum Gasteiger partial charge on any atom is -0.466 e. The van der Waals surface area contributed by atoms with Gasteiger partial charge in [0.05, 0.1) is 13.0 Å². The molecule has 0 saturated carbocycles. The van der Waals surface area contributed by atoms with Crippen LogP contribution in [0.1, 0.15) is 71.6 Å². The molecule has 1 aromatic rings. The SMILES string of the molecule is CCOC(=O)CCNC(=O)C(c1ccc(CC)cc1)N(CC)C(=O)C(CCSC)NC(=O)OC(C)(C)C. The fourth-order valence-corrected chi connectivity index (χ4v) is 4.11. The van der Waals surface area contributed by atoms with E-state index in [1.165, 1.54) is 4.90 Å². The second-order valence-corrected chi connectivity index (χ2v) is 10.4. The molecule has 0 aliphatic rings. The molecular formula is C27H43N3O6S. The molecule has 0 saturated heterocycles. The Bertz CT molecular complexity index is 885. The number of benzene rings is 1. The standard InChI is InChI=1S/C27H43N3O6S/c1-8-19-11-13-20(14-12-19)23(24(32)28-17-15-22(31)35-10-3)30(9-2)25(33)21(16-18-37-7)29-26(34)36-27(4,5)6/h11-14,21,23H,8-10,15-18H2,1-7H3,(H,28,32)(H,29,34). The van der Waals surface area contributed by atoms with Crippen LogP contribution in [0, 0.1) is 0 Å². The van der Waals surface area contributed by atoms with E-state index in [9.17, 15) is 19.2 Å². The van der Waals surface area contributed by atoms with Gasteiger partial charge in [0.1, 0.15) is 17.7 Å². The van der Waals surface area contributed by atoms with Crippen molar-refractivity contribution in [1.29, 1.82) is 0 Å². The molecule has 0 radical (unpaired) electrons. The predicted molar refractivity (Wildman–Crippen MR) is 146 cm³/mol. The minimum absolute atomic E-state index is 0.0255. The zero-order valence-electron chi connectivity index (χ0n) is 23.2. The Morgan fingerprint density at radius 3 is 2.22 bits per heavy atom. The predicted octanol–water partition coefficient (Wildman–Crippen LogP) is 3.85. The number of carbonyl (C=O) groups is 4. The second kappa shape index (κ2) is 16.2. The van der Waals surface area contributed by atoms with Crippen LogP contribution >= 0.6 is 11.8 Å². The summed E-state index contributed by atoms with van der Waals surface area (Å²) in [6.45, 7) is 11.4. The van der Waals surface area contributed by atoms with Gasteiger partial charge in [-0.05, 0) is 70.6 Å². The number of hydrogen-bond acceptors (Lipinski definition) is 7. The number of alkyl carbamates (subject to hydrolysis) is 1. The Hall–Kier alpha value is -2.75. The van der Waals surface area contributed by atoms with E-state index >= 15 is 0 Å². The quantitative estimate of drug-likeness (QED) is 0.347. The number of likely N-dealkylation sites (N-methyl/N-ethyl adjacent to an activating group) is 1. The second-order valence-electron chi connectivity index (χ2n) is 9.45. The Balaban J connectivity index is 3.26. The number of rotatable bonds is 14. The maximum Gasteiger partial charge on any atom is 0.408 e. The smallest absolute Gasteiger partial charge is 0.408 e. The Morgan fingerprint density at radius 1 is 1.05 bits per heavy atom. The largest absolute Gasteiger partial charge is 0.466 e. The van der Waals surface area contributed by atoms with Crippen LogP contribution in [0.15, 0.2) is 24.3 Å². The molecule has 0 heterocycles. The van der Waals surface area contributed by atoms with Gasteiger partial charge >= 0.3 is 12.1 Å². The van der Waals surface area contributed by atoms with Crippen LogP contribution in [0.3, 0.4) is 0 Å². The van der Waals surface area contributed by atoms with E-state index in [2.05, 4.69) is 10.6 Å². The summed E-state index contributed by atoms with van der Waals surface area (Å²) in [5, 5.41) is 5.47. The van der Waals surface area contributed by atoms with Gasteiger partial charge in [0, 0.05) is 13.1 Å². The molecule has 10 heteroatoms. The lowest BCUT2D eigenvalue weighted by molar-refractivity contribution is -0.144. The highest BCUT2D eigenvalue weighted by Crippen LogP contribution is 2.24. The zero-order chi connectivity index (χ0) is 28.0. The topological polar surface area (TPSA) is 114 Å². The molecule has 2 N–H and O–H groups in total. The van der Waals surface area contributed by atoms with Crippen LogP contribution in [0.4, 0.5) is 4.79 Å². The molecule has 0 bridgehead atoms. The summed E-state index contributed by atoms with van der Waals surface area (Å²) in [6, 6.07) is 5.72. The number of esters is 1. The summed E-state index contributed by atoms with van der Waals surface area (Å²) in [5.41, 5.74) is 1.02. The van der Waals surface area contributed by atoms with E-state index in [4.69, 9.17) is 9.47 Å². The Kier molecular flexibility index (Phi) is 14.1. The van der Waals surface area contributed by atoms with Gasteiger partial charge in [0.2, 0.25) is 11.8 Å². The minimum atomic E-state index is -0.942. The fourth-order valence-electron chi connectivity index (χ4n) is 3.63. The van der Waals surface area contributed by atoms with Gasteiger partial charge in [-0.15, -0.1) is 0 Å². The lowest BCUT2D eigenvalue weighted by atomic mass is 10.00. The summed E-state index contributed by atoms with van der Waals surface area (Å²) >= 11 is 1.55. The van der Waals surface area contributed by atoms with Crippen LogP contribution in [0.25, 0.3) is 0 Å². The molecule has 37 heavy (non-hydrogen) atoms. The van der Waals surface area contributed by atoms with Crippen LogP contribution < -0.4 is 10.6 Å². The molecule has 0 fully saturated rings. The molecule has 0 aromatic heterocycles. The van der Waals surface area contributed by atoms with E-state index in [-0.39, 0.29) is 32.0 Å². The average Bonchev–Trinajstić information content (AvgIpc) is 2.83. The highest BCUT2D eigenvalue weighted by Gasteiger charge is 2.35. The van der Waals surface area contributed by atoms with Gasteiger partial charge in [0.25, 0.3) is 0 Å². The van der Waals surface area contributed by atoms with Crippen LogP contribution in [-0.2, 0) is 30.3 Å². The number of hydrogen-bond donors (Lipinski definition) is 2. The number of nitrogens with one attached hydrogen (secondary N) is 2. The molecule has 9 nitrogen and oxygen atoms in total. The monoisotopic (exact) mass is 537 g/mol. The third kappa shape index (κ3) is 11.5. The van der Waals surface area contributed by atoms with Crippen molar-refractivity contribution < 1.29 is 28.7 Å². The lowest BCUT2D eigenvalue weighted by Gasteiger charge is -2.33. The van der Waals surface area contributed by atoms with Crippen molar-refractivity contribution in [2.24, 2.45) is 0 Å². The number of aryl methyl sites for hydroxylation is 1. The molecule has 0 aliphatic carbocycles. The van der Waals surface area contributed by atoms with E-state index in [1.54, 1.807) is 46.4 Å². The van der Waals surface area contributed by atoms with Gasteiger partial charge in [-0.2, -0.15) is 11.8 Å². The molecule has 0 aliphatic heterocycles. The number of carbonyl (C=O) groups excluding carboxylic acids is 4. The van der Waals surface area contributed by atoms with Crippen molar-refractivity contribution >= 4 is 35.6 Å². The third-order valence-corrected chi connectivity index (χ3v) is 6.06. The van der Waals surface area contributed by atoms with Crippen LogP contribution in [-0.4, -0.2) is 72.1 Å². The van der Waals surface area contributed by atoms with Crippen LogP contribution in [0.2, 0.25) is 0 Å². The van der Waals surface area contributed by atoms with Gasteiger partial charge in [0.15, 0.2) is 0 Å². The zero-order valence-corrected chi connectivity index (χ0v) is 24.0. The normalized spacial score (nSPS) is 12.7. The summed E-state index contributed by atoms with van der Waals surface area (Å²) < 4.78 is 10.3. The van der Waals surface area contributed by atoms with E-state index < -0.39 is 35.7 Å². The molecule has 2 unspecified atom stereocenters. The molecular weight excluding hydrogens is 494 g/mol. The average molecular weight is 538 g/mol. The maximum atomic E-state index is 13.8. The third-order valence-electron chi connectivity index (χ3n) is 5.42. The number of thioether (sulfide) groups is 1. The van der Waals surface area contributed by atoms with Gasteiger partial charge in [-0.25, -0.2) is 4.79 Å². The molecule has 1 rings (SSSR count).